The number of aromatic nitrogens is 2. The van der Waals surface area contributed by atoms with Crippen molar-refractivity contribution in [1.29, 1.82) is 0 Å². The molecule has 2 aromatic heterocycles. The molecule has 4 aromatic rings. The van der Waals surface area contributed by atoms with E-state index in [-0.39, 0.29) is 34.5 Å². The van der Waals surface area contributed by atoms with Gasteiger partial charge in [-0.25, -0.2) is 4.98 Å². The van der Waals surface area contributed by atoms with E-state index in [2.05, 4.69) is 4.98 Å². The molecule has 0 saturated heterocycles. The van der Waals surface area contributed by atoms with Crippen LogP contribution in [-0.2, 0) is 12.8 Å². The van der Waals surface area contributed by atoms with Gasteiger partial charge in [-0.05, 0) is 42.0 Å². The van der Waals surface area contributed by atoms with E-state index < -0.39 is 17.6 Å². The maximum absolute atomic E-state index is 13.6. The van der Waals surface area contributed by atoms with E-state index in [0.29, 0.717) is 10.7 Å². The van der Waals surface area contributed by atoms with E-state index in [9.17, 15) is 18.0 Å². The van der Waals surface area contributed by atoms with E-state index in [1.807, 2.05) is 0 Å². The lowest BCUT2D eigenvalue weighted by atomic mass is 10.0. The number of hydrogen-bond donors (Lipinski definition) is 0. The van der Waals surface area contributed by atoms with Crippen LogP contribution in [0.25, 0.3) is 22.3 Å². The smallest absolute Gasteiger partial charge is 0.418 e. The van der Waals surface area contributed by atoms with Crippen LogP contribution in [0, 0.1) is 0 Å². The van der Waals surface area contributed by atoms with Crippen molar-refractivity contribution >= 4 is 28.4 Å². The second-order valence-electron chi connectivity index (χ2n) is 6.85. The Kier molecular flexibility index (Phi) is 4.11. The highest BCUT2D eigenvalue weighted by molar-refractivity contribution is 6.30. The van der Waals surface area contributed by atoms with Gasteiger partial charge >= 0.3 is 6.18 Å². The van der Waals surface area contributed by atoms with Gasteiger partial charge in [0, 0.05) is 16.6 Å². The van der Waals surface area contributed by atoms with Crippen LogP contribution in [0.4, 0.5) is 13.2 Å². The number of benzene rings is 2. The Morgan fingerprint density at radius 1 is 1.07 bits per heavy atom. The lowest BCUT2D eigenvalue weighted by Gasteiger charge is -2.16. The van der Waals surface area contributed by atoms with E-state index in [1.165, 1.54) is 16.7 Å². The average Bonchev–Trinajstić information content (AvgIpc) is 3.28. The average molecular weight is 429 g/mol. The van der Waals surface area contributed by atoms with Gasteiger partial charge in [-0.2, -0.15) is 13.2 Å². The Morgan fingerprint density at radius 3 is 2.63 bits per heavy atom. The fraction of sp³-hybridized carbons (Fsp3) is 0.0909. The molecule has 150 valence electrons. The highest BCUT2D eigenvalue weighted by Gasteiger charge is 2.37. The molecular weight excluding hydrogens is 417 g/mol. The summed E-state index contributed by atoms with van der Waals surface area (Å²) in [6.07, 6.45) is -3.05. The van der Waals surface area contributed by atoms with Crippen LogP contribution < -0.4 is 4.74 Å². The summed E-state index contributed by atoms with van der Waals surface area (Å²) in [5.41, 5.74) is 0.342. The molecule has 8 heteroatoms. The molecule has 0 radical (unpaired) electrons. The summed E-state index contributed by atoms with van der Waals surface area (Å²) in [6.45, 7) is 0.0323. The van der Waals surface area contributed by atoms with E-state index in [0.717, 1.165) is 11.6 Å². The Balaban J connectivity index is 1.74. The van der Waals surface area contributed by atoms with Crippen molar-refractivity contribution in [2.75, 3.05) is 0 Å². The number of ether oxygens (including phenoxy) is 1. The molecule has 0 saturated carbocycles. The molecule has 1 aliphatic rings. The number of para-hydroxylation sites is 1. The molecule has 0 fully saturated rings. The number of pyridine rings is 1. The SMILES string of the molecule is O=C1c2c(nc3c(C(F)(F)F)cccc3c2OCc2cccc(Cl)c2)-c2cccn21. The van der Waals surface area contributed by atoms with Crippen molar-refractivity contribution in [2.45, 2.75) is 12.8 Å². The predicted molar refractivity (Wildman–Crippen MR) is 106 cm³/mol. The van der Waals surface area contributed by atoms with E-state index in [1.54, 1.807) is 42.6 Å². The van der Waals surface area contributed by atoms with Crippen LogP contribution >= 0.6 is 11.6 Å². The summed E-state index contributed by atoms with van der Waals surface area (Å²) in [5.74, 6) is -0.312. The summed E-state index contributed by atoms with van der Waals surface area (Å²) in [4.78, 5) is 17.2. The first-order chi connectivity index (χ1) is 14.3. The molecule has 0 unspecified atom stereocenters. The minimum absolute atomic E-state index is 0.0323. The van der Waals surface area contributed by atoms with Gasteiger partial charge in [0.25, 0.3) is 5.91 Å². The van der Waals surface area contributed by atoms with Gasteiger partial charge < -0.3 is 4.74 Å². The molecular formula is C22H12ClF3N2O2. The third kappa shape index (κ3) is 2.85. The molecule has 30 heavy (non-hydrogen) atoms. The molecule has 0 aliphatic carbocycles. The zero-order valence-corrected chi connectivity index (χ0v) is 16.0. The number of rotatable bonds is 3. The summed E-state index contributed by atoms with van der Waals surface area (Å²) < 4.78 is 48.2. The second kappa shape index (κ2) is 6.60. The number of carbonyl (C=O) groups is 1. The summed E-state index contributed by atoms with van der Waals surface area (Å²) >= 11 is 6.01. The molecule has 0 amide bonds. The fourth-order valence-electron chi connectivity index (χ4n) is 3.67. The van der Waals surface area contributed by atoms with Crippen molar-refractivity contribution in [2.24, 2.45) is 0 Å². The maximum Gasteiger partial charge on any atom is 0.418 e. The molecule has 0 N–H and O–H groups in total. The van der Waals surface area contributed by atoms with E-state index >= 15 is 0 Å². The van der Waals surface area contributed by atoms with Crippen molar-refractivity contribution < 1.29 is 22.7 Å². The van der Waals surface area contributed by atoms with Gasteiger partial charge in [-0.1, -0.05) is 29.8 Å². The summed E-state index contributed by atoms with van der Waals surface area (Å²) in [5, 5.41) is 0.636. The first kappa shape index (κ1) is 18.7. The second-order valence-corrected chi connectivity index (χ2v) is 7.29. The summed E-state index contributed by atoms with van der Waals surface area (Å²) in [7, 11) is 0. The van der Waals surface area contributed by atoms with Crippen LogP contribution in [0.5, 0.6) is 5.75 Å². The Morgan fingerprint density at radius 2 is 1.87 bits per heavy atom. The highest BCUT2D eigenvalue weighted by atomic mass is 35.5. The number of carbonyl (C=O) groups excluding carboxylic acids is 1. The molecule has 1 aliphatic heterocycles. The number of alkyl halides is 3. The monoisotopic (exact) mass is 428 g/mol. The molecule has 0 bridgehead atoms. The Labute approximate surface area is 173 Å². The lowest BCUT2D eigenvalue weighted by molar-refractivity contribution is -0.136. The van der Waals surface area contributed by atoms with Gasteiger partial charge in [-0.15, -0.1) is 0 Å². The Hall–Kier alpha value is -3.32. The van der Waals surface area contributed by atoms with Gasteiger partial charge in [0.15, 0.2) is 0 Å². The largest absolute Gasteiger partial charge is 0.487 e. The van der Waals surface area contributed by atoms with Crippen LogP contribution in [0.1, 0.15) is 21.5 Å². The first-order valence-corrected chi connectivity index (χ1v) is 9.36. The van der Waals surface area contributed by atoms with E-state index in [4.69, 9.17) is 16.3 Å². The van der Waals surface area contributed by atoms with Gasteiger partial charge in [0.2, 0.25) is 0 Å². The highest BCUT2D eigenvalue weighted by Crippen LogP contribution is 2.44. The fourth-order valence-corrected chi connectivity index (χ4v) is 3.89. The van der Waals surface area contributed by atoms with Gasteiger partial charge in [-0.3, -0.25) is 9.36 Å². The molecule has 0 atom stereocenters. The third-order valence-corrected chi connectivity index (χ3v) is 5.20. The van der Waals surface area contributed by atoms with Crippen LogP contribution in [0.2, 0.25) is 5.02 Å². The minimum Gasteiger partial charge on any atom is -0.487 e. The number of nitrogens with zero attached hydrogens (tertiary/aromatic N) is 2. The molecule has 2 aromatic carbocycles. The van der Waals surface area contributed by atoms with Crippen molar-refractivity contribution in [3.05, 3.63) is 82.5 Å². The van der Waals surface area contributed by atoms with Crippen molar-refractivity contribution in [1.82, 2.24) is 9.55 Å². The molecule has 5 rings (SSSR count). The minimum atomic E-state index is -4.60. The topological polar surface area (TPSA) is 44.1 Å². The summed E-state index contributed by atoms with van der Waals surface area (Å²) in [6, 6.07) is 13.9. The molecule has 4 nitrogen and oxygen atoms in total. The lowest BCUT2D eigenvalue weighted by Crippen LogP contribution is -2.10. The number of halogens is 4. The number of fused-ring (bicyclic) bond motifs is 4. The zero-order chi connectivity index (χ0) is 21.0. The molecule has 3 heterocycles. The molecule has 0 spiro atoms. The maximum atomic E-state index is 13.6. The van der Waals surface area contributed by atoms with Crippen LogP contribution in [0.3, 0.4) is 0 Å². The van der Waals surface area contributed by atoms with Gasteiger partial charge in [0.05, 0.1) is 16.8 Å². The first-order valence-electron chi connectivity index (χ1n) is 8.98. The predicted octanol–water partition coefficient (Wildman–Crippen LogP) is 5.96. The van der Waals surface area contributed by atoms with Crippen LogP contribution in [0.15, 0.2) is 60.8 Å². The standard InChI is InChI=1S/C22H12ClF3N2O2/c23-13-5-1-4-12(10-13)11-30-20-14-6-2-7-15(22(24,25)26)18(14)27-19-16-8-3-9-28(16)21(29)17(19)20/h1-10H,11H2. The number of hydrogen-bond acceptors (Lipinski definition) is 3. The third-order valence-electron chi connectivity index (χ3n) is 4.97. The quantitative estimate of drug-likeness (QED) is 0.356. The normalized spacial score (nSPS) is 12.9. The zero-order valence-electron chi connectivity index (χ0n) is 15.2. The van der Waals surface area contributed by atoms with Crippen molar-refractivity contribution in [3.8, 4) is 17.1 Å². The Bertz CT molecular complexity index is 1330. The van der Waals surface area contributed by atoms with Crippen LogP contribution in [-0.4, -0.2) is 15.5 Å². The van der Waals surface area contributed by atoms with Crippen molar-refractivity contribution in [3.63, 3.8) is 0 Å². The van der Waals surface area contributed by atoms with Gasteiger partial charge in [0.1, 0.15) is 23.6 Å².